The van der Waals surface area contributed by atoms with Crippen molar-refractivity contribution in [3.05, 3.63) is 71.9 Å². The molecule has 4 nitrogen and oxygen atoms in total. The molecule has 21 heavy (non-hydrogen) atoms. The number of aromatic nitrogens is 3. The van der Waals surface area contributed by atoms with Gasteiger partial charge in [-0.2, -0.15) is 0 Å². The second-order valence-corrected chi connectivity index (χ2v) is 5.72. The summed E-state index contributed by atoms with van der Waals surface area (Å²) in [5.74, 6) is 1.53. The number of hydrogen-bond donors (Lipinski definition) is 1. The van der Waals surface area contributed by atoms with Gasteiger partial charge in [-0.05, 0) is 17.2 Å². The molecule has 1 aromatic heterocycles. The molecule has 0 amide bonds. The highest BCUT2D eigenvalue weighted by Gasteiger charge is 2.06. The van der Waals surface area contributed by atoms with E-state index in [2.05, 4.69) is 52.8 Å². The van der Waals surface area contributed by atoms with Crippen LogP contribution in [0.25, 0.3) is 0 Å². The van der Waals surface area contributed by atoms with Crippen LogP contribution in [0.1, 0.15) is 11.1 Å². The van der Waals surface area contributed by atoms with Crippen molar-refractivity contribution in [2.45, 2.75) is 17.2 Å². The van der Waals surface area contributed by atoms with Crippen molar-refractivity contribution in [1.82, 2.24) is 15.0 Å². The number of thioether (sulfide) groups is 1. The van der Waals surface area contributed by atoms with Crippen LogP contribution in [0.5, 0.6) is 0 Å². The Bertz CT molecular complexity index is 709. The lowest BCUT2D eigenvalue weighted by atomic mass is 10.2. The molecule has 2 aromatic carbocycles. The van der Waals surface area contributed by atoms with Crippen molar-refractivity contribution in [2.75, 3.05) is 5.73 Å². The highest BCUT2D eigenvalue weighted by molar-refractivity contribution is 7.98. The van der Waals surface area contributed by atoms with Gasteiger partial charge in [-0.15, -0.1) is 16.9 Å². The normalized spacial score (nSPS) is 10.7. The first-order chi connectivity index (χ1) is 10.3. The molecule has 0 aliphatic rings. The van der Waals surface area contributed by atoms with Gasteiger partial charge in [-0.3, -0.25) is 0 Å². The third-order valence-corrected chi connectivity index (χ3v) is 4.36. The van der Waals surface area contributed by atoms with Crippen LogP contribution in [-0.4, -0.2) is 15.0 Å². The Morgan fingerprint density at radius 1 is 1.00 bits per heavy atom. The van der Waals surface area contributed by atoms with Crippen LogP contribution >= 0.6 is 11.8 Å². The molecule has 0 fully saturated rings. The third kappa shape index (κ3) is 3.44. The highest BCUT2D eigenvalue weighted by atomic mass is 32.2. The zero-order valence-corrected chi connectivity index (χ0v) is 12.3. The molecular formula is C16H16N4S. The summed E-state index contributed by atoms with van der Waals surface area (Å²) in [5, 5.41) is 7.83. The largest absolute Gasteiger partial charge is 0.383 e. The van der Waals surface area contributed by atoms with E-state index in [4.69, 9.17) is 5.73 Å². The molecule has 106 valence electrons. The topological polar surface area (TPSA) is 56.7 Å². The number of benzene rings is 2. The zero-order chi connectivity index (χ0) is 14.5. The van der Waals surface area contributed by atoms with Gasteiger partial charge in [0.2, 0.25) is 0 Å². The first-order valence-corrected chi connectivity index (χ1v) is 7.70. The van der Waals surface area contributed by atoms with E-state index < -0.39 is 0 Å². The third-order valence-electron chi connectivity index (χ3n) is 3.18. The monoisotopic (exact) mass is 296 g/mol. The predicted molar refractivity (Wildman–Crippen MR) is 86.0 cm³/mol. The first kappa shape index (κ1) is 13.7. The van der Waals surface area contributed by atoms with Gasteiger partial charge in [-0.1, -0.05) is 53.7 Å². The summed E-state index contributed by atoms with van der Waals surface area (Å²) in [7, 11) is 0. The Kier molecular flexibility index (Phi) is 4.21. The highest BCUT2D eigenvalue weighted by Crippen LogP contribution is 2.27. The average Bonchev–Trinajstić information content (AvgIpc) is 2.93. The van der Waals surface area contributed by atoms with E-state index in [0.29, 0.717) is 12.4 Å². The lowest BCUT2D eigenvalue weighted by Gasteiger charge is -2.10. The Labute approximate surface area is 128 Å². The second-order valence-electron chi connectivity index (χ2n) is 4.70. The van der Waals surface area contributed by atoms with Gasteiger partial charge in [0.1, 0.15) is 5.82 Å². The van der Waals surface area contributed by atoms with Crippen molar-refractivity contribution < 1.29 is 0 Å². The quantitative estimate of drug-likeness (QED) is 0.735. The maximum atomic E-state index is 5.83. The standard InChI is InChI=1S/C16H16N4S/c17-16-10-18-19-20(16)11-14-8-4-5-9-15(14)21-12-13-6-2-1-3-7-13/h1-10H,11-12,17H2. The van der Waals surface area contributed by atoms with E-state index in [-0.39, 0.29) is 0 Å². The minimum atomic E-state index is 0.581. The van der Waals surface area contributed by atoms with Gasteiger partial charge in [0.25, 0.3) is 0 Å². The van der Waals surface area contributed by atoms with Crippen molar-refractivity contribution >= 4 is 17.6 Å². The van der Waals surface area contributed by atoms with E-state index in [1.165, 1.54) is 16.0 Å². The molecule has 0 saturated carbocycles. The van der Waals surface area contributed by atoms with Crippen molar-refractivity contribution in [3.63, 3.8) is 0 Å². The fraction of sp³-hybridized carbons (Fsp3) is 0.125. The van der Waals surface area contributed by atoms with Crippen LogP contribution in [0.2, 0.25) is 0 Å². The fourth-order valence-electron chi connectivity index (χ4n) is 2.06. The molecule has 0 bridgehead atoms. The van der Waals surface area contributed by atoms with Crippen molar-refractivity contribution in [3.8, 4) is 0 Å². The number of nitrogens with two attached hydrogens (primary N) is 1. The van der Waals surface area contributed by atoms with Gasteiger partial charge in [0, 0.05) is 10.6 Å². The van der Waals surface area contributed by atoms with E-state index in [9.17, 15) is 0 Å². The predicted octanol–water partition coefficient (Wildman–Crippen LogP) is 3.20. The SMILES string of the molecule is Nc1cnnn1Cc1ccccc1SCc1ccccc1. The maximum Gasteiger partial charge on any atom is 0.142 e. The number of nitrogens with zero attached hydrogens (tertiary/aromatic N) is 3. The molecule has 0 radical (unpaired) electrons. The van der Waals surface area contributed by atoms with Crippen molar-refractivity contribution in [1.29, 1.82) is 0 Å². The Hall–Kier alpha value is -2.27. The molecule has 1 heterocycles. The molecule has 0 unspecified atom stereocenters. The van der Waals surface area contributed by atoms with Crippen LogP contribution in [0, 0.1) is 0 Å². The van der Waals surface area contributed by atoms with Gasteiger partial charge in [0.05, 0.1) is 12.7 Å². The second kappa shape index (κ2) is 6.45. The molecule has 3 rings (SSSR count). The average molecular weight is 296 g/mol. The lowest BCUT2D eigenvalue weighted by Crippen LogP contribution is -2.06. The van der Waals surface area contributed by atoms with Gasteiger partial charge >= 0.3 is 0 Å². The number of rotatable bonds is 5. The van der Waals surface area contributed by atoms with Gasteiger partial charge in [-0.25, -0.2) is 4.68 Å². The maximum absolute atomic E-state index is 5.83. The van der Waals surface area contributed by atoms with E-state index in [1.807, 2.05) is 23.9 Å². The van der Waals surface area contributed by atoms with Crippen LogP contribution in [0.15, 0.2) is 65.7 Å². The summed E-state index contributed by atoms with van der Waals surface area (Å²) in [6.07, 6.45) is 1.57. The van der Waals surface area contributed by atoms with Crippen LogP contribution < -0.4 is 5.73 Å². The van der Waals surface area contributed by atoms with Gasteiger partial charge in [0.15, 0.2) is 0 Å². The fourth-order valence-corrected chi connectivity index (χ4v) is 3.07. The Morgan fingerprint density at radius 2 is 1.76 bits per heavy atom. The Morgan fingerprint density at radius 3 is 2.52 bits per heavy atom. The van der Waals surface area contributed by atoms with Crippen LogP contribution in [-0.2, 0) is 12.3 Å². The molecule has 0 saturated heterocycles. The van der Waals surface area contributed by atoms with Crippen molar-refractivity contribution in [2.24, 2.45) is 0 Å². The summed E-state index contributed by atoms with van der Waals surface area (Å²) < 4.78 is 1.71. The molecule has 0 aliphatic carbocycles. The van der Waals surface area contributed by atoms with Gasteiger partial charge < -0.3 is 5.73 Å². The number of hydrogen-bond acceptors (Lipinski definition) is 4. The Balaban J connectivity index is 1.75. The number of anilines is 1. The minimum Gasteiger partial charge on any atom is -0.383 e. The molecule has 0 aliphatic heterocycles. The lowest BCUT2D eigenvalue weighted by molar-refractivity contribution is 0.651. The van der Waals surface area contributed by atoms with E-state index in [1.54, 1.807) is 10.9 Å². The summed E-state index contributed by atoms with van der Waals surface area (Å²) in [4.78, 5) is 1.25. The molecule has 3 aromatic rings. The molecule has 5 heteroatoms. The van der Waals surface area contributed by atoms with Crippen LogP contribution in [0.4, 0.5) is 5.82 Å². The molecular weight excluding hydrogens is 280 g/mol. The van der Waals surface area contributed by atoms with E-state index >= 15 is 0 Å². The summed E-state index contributed by atoms with van der Waals surface area (Å²) >= 11 is 1.83. The first-order valence-electron chi connectivity index (χ1n) is 6.71. The minimum absolute atomic E-state index is 0.581. The molecule has 0 spiro atoms. The zero-order valence-electron chi connectivity index (χ0n) is 11.5. The smallest absolute Gasteiger partial charge is 0.142 e. The molecule has 2 N–H and O–H groups in total. The summed E-state index contributed by atoms with van der Waals surface area (Å²) in [6.45, 7) is 0.643. The molecule has 0 atom stereocenters. The summed E-state index contributed by atoms with van der Waals surface area (Å²) in [6, 6.07) is 18.8. The number of nitrogen functional groups attached to an aromatic ring is 1. The van der Waals surface area contributed by atoms with Crippen LogP contribution in [0.3, 0.4) is 0 Å². The van der Waals surface area contributed by atoms with E-state index in [0.717, 1.165) is 5.75 Å². The summed E-state index contributed by atoms with van der Waals surface area (Å²) in [5.41, 5.74) is 8.36.